The summed E-state index contributed by atoms with van der Waals surface area (Å²) in [5.74, 6) is 0. The van der Waals surface area contributed by atoms with Crippen LogP contribution in [0, 0.1) is 16.2 Å². The van der Waals surface area contributed by atoms with Crippen molar-refractivity contribution in [2.75, 3.05) is 40.3 Å². The lowest BCUT2D eigenvalue weighted by molar-refractivity contribution is -0.0283. The summed E-state index contributed by atoms with van der Waals surface area (Å²) in [6.45, 7) is 5.32. The molecule has 0 aromatic carbocycles. The van der Waals surface area contributed by atoms with Crippen LogP contribution in [-0.2, 0) is 0 Å². The predicted octanol–water partition coefficient (Wildman–Crippen LogP) is 6.95. The van der Waals surface area contributed by atoms with Gasteiger partial charge >= 0.3 is 0 Å². The maximum Gasteiger partial charge on any atom is -0.000654 e. The van der Waals surface area contributed by atoms with Crippen molar-refractivity contribution in [3.63, 3.8) is 0 Å². The van der Waals surface area contributed by atoms with E-state index in [9.17, 15) is 0 Å². The molecule has 1 saturated heterocycles. The van der Waals surface area contributed by atoms with Gasteiger partial charge < -0.3 is 9.80 Å². The number of likely N-dealkylation sites (tertiary alicyclic amines) is 1. The number of piperidine rings is 1. The molecular weight excluding hydrogens is 399 g/mol. The van der Waals surface area contributed by atoms with E-state index in [0.717, 1.165) is 16.2 Å². The van der Waals surface area contributed by atoms with Gasteiger partial charge in [-0.2, -0.15) is 0 Å². The zero-order chi connectivity index (χ0) is 18.8. The minimum Gasteiger partial charge on any atom is -0.309 e. The standard InChI is InChI=1S/C25H46N2.2ClH/c1-26(2)19-6-20-27-21-17-25(18-22-27)15-13-24(14-16-25)11-9-23(10-12-24)7-4-3-5-8-23;;/h3-22H2,1-2H3;2*1H. The second-order valence-corrected chi connectivity index (χ2v) is 11.6. The minimum absolute atomic E-state index is 0. The lowest BCUT2D eigenvalue weighted by Crippen LogP contribution is -2.45. The van der Waals surface area contributed by atoms with Gasteiger partial charge in [0.25, 0.3) is 0 Å². The Morgan fingerprint density at radius 2 is 1.00 bits per heavy atom. The smallest absolute Gasteiger partial charge is 0.000654 e. The van der Waals surface area contributed by atoms with Gasteiger partial charge in [-0.1, -0.05) is 19.3 Å². The summed E-state index contributed by atoms with van der Waals surface area (Å²) >= 11 is 0. The lowest BCUT2D eigenvalue weighted by atomic mass is 9.52. The van der Waals surface area contributed by atoms with Crippen LogP contribution in [0.3, 0.4) is 0 Å². The van der Waals surface area contributed by atoms with Crippen molar-refractivity contribution < 1.29 is 0 Å². The molecule has 1 aliphatic heterocycles. The summed E-state index contributed by atoms with van der Waals surface area (Å²) in [5.41, 5.74) is 2.32. The molecule has 3 aliphatic carbocycles. The van der Waals surface area contributed by atoms with Crippen LogP contribution in [0.4, 0.5) is 0 Å². The van der Waals surface area contributed by atoms with Crippen molar-refractivity contribution >= 4 is 24.8 Å². The highest BCUT2D eigenvalue weighted by Crippen LogP contribution is 2.60. The summed E-state index contributed by atoms with van der Waals surface area (Å²) in [4.78, 5) is 5.08. The van der Waals surface area contributed by atoms with E-state index in [1.54, 1.807) is 64.2 Å². The normalized spacial score (nSPS) is 28.2. The zero-order valence-electron chi connectivity index (χ0n) is 19.4. The van der Waals surface area contributed by atoms with Crippen LogP contribution in [0.15, 0.2) is 0 Å². The number of halogens is 2. The maximum absolute atomic E-state index is 2.76. The van der Waals surface area contributed by atoms with E-state index < -0.39 is 0 Å². The predicted molar refractivity (Wildman–Crippen MR) is 131 cm³/mol. The molecule has 2 nitrogen and oxygen atoms in total. The van der Waals surface area contributed by atoms with Crippen LogP contribution < -0.4 is 0 Å². The van der Waals surface area contributed by atoms with Gasteiger partial charge in [0, 0.05) is 0 Å². The highest BCUT2D eigenvalue weighted by molar-refractivity contribution is 5.85. The number of hydrogen-bond donors (Lipinski definition) is 0. The largest absolute Gasteiger partial charge is 0.309 e. The number of nitrogens with zero attached hydrogens (tertiary/aromatic N) is 2. The molecule has 4 rings (SSSR count). The topological polar surface area (TPSA) is 6.48 Å². The summed E-state index contributed by atoms with van der Waals surface area (Å²) in [6.07, 6.45) is 24.6. The van der Waals surface area contributed by atoms with Gasteiger partial charge in [-0.3, -0.25) is 0 Å². The van der Waals surface area contributed by atoms with E-state index >= 15 is 0 Å². The molecule has 4 heteroatoms. The molecule has 0 bridgehead atoms. The van der Waals surface area contributed by atoms with E-state index in [1.165, 1.54) is 64.7 Å². The van der Waals surface area contributed by atoms with Crippen molar-refractivity contribution in [3.8, 4) is 0 Å². The van der Waals surface area contributed by atoms with Gasteiger partial charge in [-0.15, -0.1) is 24.8 Å². The fourth-order valence-electron chi connectivity index (χ4n) is 7.28. The highest BCUT2D eigenvalue weighted by Gasteiger charge is 2.48. The van der Waals surface area contributed by atoms with Crippen LogP contribution in [0.1, 0.15) is 103 Å². The fourth-order valence-corrected chi connectivity index (χ4v) is 7.28. The third kappa shape index (κ3) is 6.27. The van der Waals surface area contributed by atoms with Crippen LogP contribution in [0.5, 0.6) is 0 Å². The van der Waals surface area contributed by atoms with Crippen molar-refractivity contribution in [1.82, 2.24) is 9.80 Å². The van der Waals surface area contributed by atoms with Crippen LogP contribution in [-0.4, -0.2) is 50.1 Å². The maximum atomic E-state index is 2.76. The summed E-state index contributed by atoms with van der Waals surface area (Å²) < 4.78 is 0. The second kappa shape index (κ2) is 10.9. The summed E-state index contributed by atoms with van der Waals surface area (Å²) in [5, 5.41) is 0. The van der Waals surface area contributed by atoms with E-state index in [-0.39, 0.29) is 24.8 Å². The Morgan fingerprint density at radius 1 is 0.586 bits per heavy atom. The third-order valence-electron chi connectivity index (χ3n) is 9.65. The van der Waals surface area contributed by atoms with Gasteiger partial charge in [-0.05, 0) is 140 Å². The first kappa shape index (κ1) is 25.8. The third-order valence-corrected chi connectivity index (χ3v) is 9.65. The van der Waals surface area contributed by atoms with Crippen LogP contribution in [0.2, 0.25) is 0 Å². The molecule has 0 atom stereocenters. The molecule has 0 amide bonds. The van der Waals surface area contributed by atoms with E-state index in [0.29, 0.717) is 0 Å². The molecule has 1 heterocycles. The van der Waals surface area contributed by atoms with Crippen LogP contribution >= 0.6 is 24.8 Å². The van der Waals surface area contributed by atoms with Gasteiger partial charge in [0.05, 0.1) is 0 Å². The van der Waals surface area contributed by atoms with Gasteiger partial charge in [0.15, 0.2) is 0 Å². The Kier molecular flexibility index (Phi) is 9.67. The Balaban J connectivity index is 0.00000150. The minimum atomic E-state index is 0. The molecule has 0 radical (unpaired) electrons. The Bertz CT molecular complexity index is 457. The highest BCUT2D eigenvalue weighted by atomic mass is 35.5. The Hall–Kier alpha value is 0.500. The van der Waals surface area contributed by atoms with Crippen molar-refractivity contribution in [1.29, 1.82) is 0 Å². The SMILES string of the molecule is CN(C)CCCN1CCC2(CC1)CCC1(CCC3(CCCCC3)CC1)CC2.Cl.Cl. The zero-order valence-corrected chi connectivity index (χ0v) is 21.0. The number of rotatable bonds is 4. The first-order valence-corrected chi connectivity index (χ1v) is 12.4. The second-order valence-electron chi connectivity index (χ2n) is 11.6. The molecule has 0 N–H and O–H groups in total. The fraction of sp³-hybridized carbons (Fsp3) is 1.00. The van der Waals surface area contributed by atoms with Crippen molar-refractivity contribution in [3.05, 3.63) is 0 Å². The molecule has 172 valence electrons. The molecule has 3 saturated carbocycles. The Labute approximate surface area is 193 Å². The first-order chi connectivity index (χ1) is 13.0. The Morgan fingerprint density at radius 3 is 1.45 bits per heavy atom. The molecule has 0 aromatic rings. The quantitative estimate of drug-likeness (QED) is 0.460. The van der Waals surface area contributed by atoms with Crippen LogP contribution in [0.25, 0.3) is 0 Å². The lowest BCUT2D eigenvalue weighted by Gasteiger charge is -2.54. The van der Waals surface area contributed by atoms with Gasteiger partial charge in [0.1, 0.15) is 0 Å². The molecule has 0 unspecified atom stereocenters. The molecule has 3 spiro atoms. The van der Waals surface area contributed by atoms with Gasteiger partial charge in [0.2, 0.25) is 0 Å². The van der Waals surface area contributed by atoms with E-state index in [1.807, 2.05) is 0 Å². The molecular formula is C25H48Cl2N2. The monoisotopic (exact) mass is 446 g/mol. The summed E-state index contributed by atoms with van der Waals surface area (Å²) in [6, 6.07) is 0. The van der Waals surface area contributed by atoms with E-state index in [4.69, 9.17) is 0 Å². The first-order valence-electron chi connectivity index (χ1n) is 12.4. The van der Waals surface area contributed by atoms with Crippen molar-refractivity contribution in [2.24, 2.45) is 16.2 Å². The number of hydrogen-bond acceptors (Lipinski definition) is 2. The molecule has 0 aromatic heterocycles. The van der Waals surface area contributed by atoms with Crippen molar-refractivity contribution in [2.45, 2.75) is 103 Å². The van der Waals surface area contributed by atoms with E-state index in [2.05, 4.69) is 23.9 Å². The summed E-state index contributed by atoms with van der Waals surface area (Å²) in [7, 11) is 4.40. The average molecular weight is 448 g/mol. The van der Waals surface area contributed by atoms with Gasteiger partial charge in [-0.25, -0.2) is 0 Å². The molecule has 4 fully saturated rings. The average Bonchev–Trinajstić information content (AvgIpc) is 2.69. The molecule has 4 aliphatic rings. The molecule has 29 heavy (non-hydrogen) atoms.